The summed E-state index contributed by atoms with van der Waals surface area (Å²) < 4.78 is 0. The molecule has 1 aromatic heterocycles. The van der Waals surface area contributed by atoms with Gasteiger partial charge in [0.25, 0.3) is 0 Å². The van der Waals surface area contributed by atoms with Crippen molar-refractivity contribution in [1.82, 2.24) is 4.98 Å². The smallest absolute Gasteiger partial charge is 0.185 e. The summed E-state index contributed by atoms with van der Waals surface area (Å²) in [4.78, 5) is 6.90. The van der Waals surface area contributed by atoms with Crippen LogP contribution in [0, 0.1) is 5.92 Å². The lowest BCUT2D eigenvalue weighted by Crippen LogP contribution is -2.24. The first-order valence-corrected chi connectivity index (χ1v) is 7.47. The molecule has 1 aliphatic heterocycles. The fourth-order valence-electron chi connectivity index (χ4n) is 2.38. The minimum atomic E-state index is -0.449. The molecule has 4 heteroatoms. The fourth-order valence-corrected chi connectivity index (χ4v) is 3.34. The lowest BCUT2D eigenvalue weighted by Gasteiger charge is -2.19. The number of rotatable bonds is 3. The molecule has 2 rings (SSSR count). The molecule has 0 spiro atoms. The Balaban J connectivity index is 2.01. The average Bonchev–Trinajstić information content (AvgIpc) is 2.68. The topological polar surface area (TPSA) is 36.4 Å². The zero-order valence-electron chi connectivity index (χ0n) is 10.7. The van der Waals surface area contributed by atoms with Gasteiger partial charge >= 0.3 is 0 Å². The number of nitrogens with zero attached hydrogens (tertiary/aromatic N) is 2. The van der Waals surface area contributed by atoms with Crippen LogP contribution >= 0.6 is 11.3 Å². The van der Waals surface area contributed by atoms with Crippen molar-refractivity contribution in [2.24, 2.45) is 5.92 Å². The van der Waals surface area contributed by atoms with Crippen LogP contribution in [-0.2, 0) is 0 Å². The number of anilines is 1. The Morgan fingerprint density at radius 2 is 2.35 bits per heavy atom. The second-order valence-electron chi connectivity index (χ2n) is 4.92. The SMILES string of the molecule is CCC1CCCN(c2nc(C(C)O)cs2)CC1. The van der Waals surface area contributed by atoms with Crippen LogP contribution < -0.4 is 4.90 Å². The Morgan fingerprint density at radius 1 is 1.53 bits per heavy atom. The van der Waals surface area contributed by atoms with Crippen LogP contribution in [-0.4, -0.2) is 23.2 Å². The lowest BCUT2D eigenvalue weighted by molar-refractivity contribution is 0.195. The summed E-state index contributed by atoms with van der Waals surface area (Å²) in [7, 11) is 0. The molecule has 0 bridgehead atoms. The van der Waals surface area contributed by atoms with E-state index in [1.54, 1.807) is 18.3 Å². The van der Waals surface area contributed by atoms with Crippen LogP contribution in [0.1, 0.15) is 51.3 Å². The molecule has 1 saturated heterocycles. The molecular weight excluding hydrogens is 232 g/mol. The van der Waals surface area contributed by atoms with Crippen LogP contribution in [0.5, 0.6) is 0 Å². The second kappa shape index (κ2) is 5.83. The van der Waals surface area contributed by atoms with Gasteiger partial charge in [0.2, 0.25) is 0 Å². The molecule has 1 fully saturated rings. The molecule has 1 aromatic rings. The van der Waals surface area contributed by atoms with E-state index < -0.39 is 6.10 Å². The van der Waals surface area contributed by atoms with E-state index in [0.29, 0.717) is 0 Å². The fraction of sp³-hybridized carbons (Fsp3) is 0.769. The van der Waals surface area contributed by atoms with Gasteiger partial charge in [-0.3, -0.25) is 0 Å². The highest BCUT2D eigenvalue weighted by Crippen LogP contribution is 2.28. The molecule has 0 aromatic carbocycles. The quantitative estimate of drug-likeness (QED) is 0.899. The molecule has 1 aliphatic rings. The third kappa shape index (κ3) is 3.19. The van der Waals surface area contributed by atoms with E-state index in [1.807, 2.05) is 5.38 Å². The van der Waals surface area contributed by atoms with Crippen molar-refractivity contribution in [3.63, 3.8) is 0 Å². The Hall–Kier alpha value is -0.610. The maximum Gasteiger partial charge on any atom is 0.185 e. The highest BCUT2D eigenvalue weighted by atomic mass is 32.1. The first-order chi connectivity index (χ1) is 8.20. The normalized spacial score (nSPS) is 23.5. The summed E-state index contributed by atoms with van der Waals surface area (Å²) in [5.41, 5.74) is 0.807. The largest absolute Gasteiger partial charge is 0.387 e. The molecule has 0 amide bonds. The maximum atomic E-state index is 9.50. The molecule has 2 unspecified atom stereocenters. The highest BCUT2D eigenvalue weighted by molar-refractivity contribution is 7.13. The van der Waals surface area contributed by atoms with Gasteiger partial charge in [0.05, 0.1) is 11.8 Å². The predicted octanol–water partition coefficient (Wildman–Crippen LogP) is 3.21. The van der Waals surface area contributed by atoms with Crippen molar-refractivity contribution < 1.29 is 5.11 Å². The Bertz CT molecular complexity index is 351. The first kappa shape index (κ1) is 12.8. The molecule has 17 heavy (non-hydrogen) atoms. The molecular formula is C13H22N2OS. The van der Waals surface area contributed by atoms with E-state index >= 15 is 0 Å². The summed E-state index contributed by atoms with van der Waals surface area (Å²) in [5.74, 6) is 0.885. The molecule has 0 aliphatic carbocycles. The van der Waals surface area contributed by atoms with Crippen LogP contribution in [0.25, 0.3) is 0 Å². The summed E-state index contributed by atoms with van der Waals surface area (Å²) in [6.07, 6.45) is 4.74. The van der Waals surface area contributed by atoms with Crippen LogP contribution in [0.15, 0.2) is 5.38 Å². The molecule has 3 nitrogen and oxygen atoms in total. The average molecular weight is 254 g/mol. The summed E-state index contributed by atoms with van der Waals surface area (Å²) in [5, 5.41) is 12.6. The van der Waals surface area contributed by atoms with Gasteiger partial charge in [0.15, 0.2) is 5.13 Å². The van der Waals surface area contributed by atoms with Gasteiger partial charge < -0.3 is 10.0 Å². The molecule has 2 atom stereocenters. The molecule has 0 saturated carbocycles. The van der Waals surface area contributed by atoms with Crippen molar-refractivity contribution in [3.05, 3.63) is 11.1 Å². The monoisotopic (exact) mass is 254 g/mol. The zero-order valence-corrected chi connectivity index (χ0v) is 11.5. The van der Waals surface area contributed by atoms with Gasteiger partial charge in [-0.1, -0.05) is 13.3 Å². The summed E-state index contributed by atoms with van der Waals surface area (Å²) in [6, 6.07) is 0. The summed E-state index contributed by atoms with van der Waals surface area (Å²) >= 11 is 1.66. The second-order valence-corrected chi connectivity index (χ2v) is 5.76. The molecule has 0 radical (unpaired) electrons. The van der Waals surface area contributed by atoms with Crippen molar-refractivity contribution in [1.29, 1.82) is 0 Å². The van der Waals surface area contributed by atoms with Gasteiger partial charge in [-0.2, -0.15) is 0 Å². The van der Waals surface area contributed by atoms with Crippen molar-refractivity contribution >= 4 is 16.5 Å². The van der Waals surface area contributed by atoms with E-state index in [2.05, 4.69) is 16.8 Å². The van der Waals surface area contributed by atoms with Crippen molar-refractivity contribution in [2.45, 2.75) is 45.6 Å². The molecule has 96 valence electrons. The van der Waals surface area contributed by atoms with E-state index in [-0.39, 0.29) is 0 Å². The van der Waals surface area contributed by atoms with E-state index in [9.17, 15) is 5.11 Å². The van der Waals surface area contributed by atoms with E-state index in [1.165, 1.54) is 25.7 Å². The third-order valence-corrected chi connectivity index (χ3v) is 4.55. The third-order valence-electron chi connectivity index (χ3n) is 3.63. The summed E-state index contributed by atoms with van der Waals surface area (Å²) in [6.45, 7) is 6.29. The van der Waals surface area contributed by atoms with Gasteiger partial charge in [0, 0.05) is 18.5 Å². The number of hydrogen-bond donors (Lipinski definition) is 1. The zero-order chi connectivity index (χ0) is 12.3. The van der Waals surface area contributed by atoms with Crippen LogP contribution in [0.3, 0.4) is 0 Å². The number of aliphatic hydroxyl groups is 1. The Labute approximate surface area is 107 Å². The van der Waals surface area contributed by atoms with Gasteiger partial charge in [-0.25, -0.2) is 4.98 Å². The highest BCUT2D eigenvalue weighted by Gasteiger charge is 2.18. The predicted molar refractivity (Wildman–Crippen MR) is 72.6 cm³/mol. The molecule has 2 heterocycles. The standard InChI is InChI=1S/C13H22N2OS/c1-3-11-5-4-7-15(8-6-11)13-14-12(9-17-13)10(2)16/h9-11,16H,3-8H2,1-2H3. The lowest BCUT2D eigenvalue weighted by atomic mass is 9.98. The maximum absolute atomic E-state index is 9.50. The van der Waals surface area contributed by atoms with Gasteiger partial charge in [-0.05, 0) is 32.1 Å². The number of aromatic nitrogens is 1. The van der Waals surface area contributed by atoms with Gasteiger partial charge in [0.1, 0.15) is 0 Å². The van der Waals surface area contributed by atoms with E-state index in [0.717, 1.165) is 29.8 Å². The van der Waals surface area contributed by atoms with Crippen molar-refractivity contribution in [3.8, 4) is 0 Å². The van der Waals surface area contributed by atoms with Crippen LogP contribution in [0.4, 0.5) is 5.13 Å². The van der Waals surface area contributed by atoms with E-state index in [4.69, 9.17) is 0 Å². The number of thiazole rings is 1. The minimum Gasteiger partial charge on any atom is -0.387 e. The first-order valence-electron chi connectivity index (χ1n) is 6.59. The van der Waals surface area contributed by atoms with Crippen LogP contribution in [0.2, 0.25) is 0 Å². The Kier molecular flexibility index (Phi) is 4.40. The number of aliphatic hydroxyl groups excluding tert-OH is 1. The number of hydrogen-bond acceptors (Lipinski definition) is 4. The minimum absolute atomic E-state index is 0.449. The van der Waals surface area contributed by atoms with Gasteiger partial charge in [-0.15, -0.1) is 11.3 Å². The Morgan fingerprint density at radius 3 is 3.00 bits per heavy atom. The molecule has 1 N–H and O–H groups in total. The van der Waals surface area contributed by atoms with Crippen molar-refractivity contribution in [2.75, 3.05) is 18.0 Å².